The lowest BCUT2D eigenvalue weighted by atomic mass is 10.2. The second-order valence-corrected chi connectivity index (χ2v) is 6.82. The number of nitrogens with zero attached hydrogens (tertiary/aromatic N) is 3. The summed E-state index contributed by atoms with van der Waals surface area (Å²) in [5, 5.41) is 11.5. The Morgan fingerprint density at radius 1 is 1.22 bits per heavy atom. The minimum atomic E-state index is -0.791. The van der Waals surface area contributed by atoms with Gasteiger partial charge < -0.3 is 9.64 Å². The van der Waals surface area contributed by atoms with Crippen molar-refractivity contribution in [2.75, 3.05) is 13.7 Å². The first-order chi connectivity index (χ1) is 12.9. The predicted octanol–water partition coefficient (Wildman–Crippen LogP) is 3.02. The molecule has 0 fully saturated rings. The number of para-hydroxylation sites is 1. The fourth-order valence-corrected chi connectivity index (χ4v) is 3.37. The number of aromatic nitrogens is 1. The summed E-state index contributed by atoms with van der Waals surface area (Å²) in [6.07, 6.45) is 0. The quantitative estimate of drug-likeness (QED) is 0.367. The molecule has 1 aromatic heterocycles. The van der Waals surface area contributed by atoms with Crippen LogP contribution in [0.25, 0.3) is 10.2 Å². The molecule has 0 radical (unpaired) electrons. The Bertz CT molecular complexity index is 984. The van der Waals surface area contributed by atoms with Gasteiger partial charge in [-0.1, -0.05) is 18.2 Å². The number of amides is 1. The minimum absolute atomic E-state index is 0.0193. The van der Waals surface area contributed by atoms with Crippen molar-refractivity contribution in [3.63, 3.8) is 0 Å². The first-order valence-corrected chi connectivity index (χ1v) is 8.75. The molecule has 2 aromatic carbocycles. The van der Waals surface area contributed by atoms with Crippen LogP contribution in [0.5, 0.6) is 0 Å². The zero-order valence-corrected chi connectivity index (χ0v) is 15.1. The Morgan fingerprint density at radius 3 is 2.74 bits per heavy atom. The molecule has 0 aliphatic rings. The number of nitro benzene ring substituents is 1. The van der Waals surface area contributed by atoms with Gasteiger partial charge >= 0.3 is 5.97 Å². The summed E-state index contributed by atoms with van der Waals surface area (Å²) in [5.74, 6) is -1.19. The topological polar surface area (TPSA) is 103 Å². The molecule has 27 heavy (non-hydrogen) atoms. The Hall–Kier alpha value is -3.33. The van der Waals surface area contributed by atoms with Gasteiger partial charge in [0.1, 0.15) is 5.01 Å². The second kappa shape index (κ2) is 7.92. The van der Waals surface area contributed by atoms with Crippen molar-refractivity contribution in [1.82, 2.24) is 9.88 Å². The number of non-ortho nitro benzene ring substituents is 1. The number of hydrogen-bond donors (Lipinski definition) is 0. The van der Waals surface area contributed by atoms with E-state index in [-0.39, 0.29) is 11.3 Å². The molecule has 3 rings (SSSR count). The molecule has 0 aliphatic heterocycles. The van der Waals surface area contributed by atoms with Crippen LogP contribution in [-0.2, 0) is 16.1 Å². The van der Waals surface area contributed by atoms with Crippen molar-refractivity contribution >= 4 is 39.1 Å². The molecule has 9 heteroatoms. The van der Waals surface area contributed by atoms with Crippen LogP contribution in [-0.4, -0.2) is 40.3 Å². The maximum absolute atomic E-state index is 12.2. The molecule has 8 nitrogen and oxygen atoms in total. The summed E-state index contributed by atoms with van der Waals surface area (Å²) in [7, 11) is 1.59. The third-order valence-corrected chi connectivity index (χ3v) is 4.78. The summed E-state index contributed by atoms with van der Waals surface area (Å²) in [4.78, 5) is 40.2. The molecule has 1 amide bonds. The number of nitro groups is 1. The predicted molar refractivity (Wildman–Crippen MR) is 99.5 cm³/mol. The number of carbonyl (C=O) groups excluding carboxylic acids is 2. The number of thiazole rings is 1. The van der Waals surface area contributed by atoms with E-state index in [0.29, 0.717) is 6.54 Å². The van der Waals surface area contributed by atoms with Gasteiger partial charge in [-0.3, -0.25) is 14.9 Å². The molecule has 0 spiro atoms. The number of benzene rings is 2. The summed E-state index contributed by atoms with van der Waals surface area (Å²) in [5.41, 5.74) is 0.671. The van der Waals surface area contributed by atoms with Crippen LogP contribution in [0.1, 0.15) is 15.4 Å². The fraction of sp³-hybridized carbons (Fsp3) is 0.167. The first-order valence-electron chi connectivity index (χ1n) is 7.94. The Labute approximate surface area is 158 Å². The molecule has 3 aromatic rings. The third kappa shape index (κ3) is 4.45. The van der Waals surface area contributed by atoms with Crippen molar-refractivity contribution in [3.8, 4) is 0 Å². The molecule has 0 saturated carbocycles. The molecule has 0 unspecified atom stereocenters. The van der Waals surface area contributed by atoms with Crippen molar-refractivity contribution in [1.29, 1.82) is 0 Å². The highest BCUT2D eigenvalue weighted by Crippen LogP contribution is 2.22. The van der Waals surface area contributed by atoms with Crippen LogP contribution < -0.4 is 0 Å². The molecular weight excluding hydrogens is 370 g/mol. The Morgan fingerprint density at radius 2 is 2.00 bits per heavy atom. The normalized spacial score (nSPS) is 10.6. The van der Waals surface area contributed by atoms with Gasteiger partial charge in [0, 0.05) is 19.2 Å². The highest BCUT2D eigenvalue weighted by atomic mass is 32.1. The molecule has 1 heterocycles. The zero-order valence-electron chi connectivity index (χ0n) is 14.3. The SMILES string of the molecule is CN(Cc1nc2ccccc2s1)C(=O)COC(=O)c1cccc([N+](=O)[O-])c1. The average molecular weight is 385 g/mol. The first kappa shape index (κ1) is 18.5. The number of fused-ring (bicyclic) bond motifs is 1. The van der Waals surface area contributed by atoms with Crippen LogP contribution in [0.15, 0.2) is 48.5 Å². The van der Waals surface area contributed by atoms with Gasteiger partial charge in [0.05, 0.1) is 27.2 Å². The van der Waals surface area contributed by atoms with E-state index < -0.39 is 23.4 Å². The standard InChI is InChI=1S/C18H15N3O5S/c1-20(10-16-19-14-7-2-3-8-15(14)27-16)17(22)11-26-18(23)12-5-4-6-13(9-12)21(24)25/h2-9H,10-11H2,1H3. The maximum atomic E-state index is 12.2. The molecular formula is C18H15N3O5S. The van der Waals surface area contributed by atoms with Gasteiger partial charge in [-0.05, 0) is 18.2 Å². The molecule has 0 aliphatic carbocycles. The van der Waals surface area contributed by atoms with Crippen molar-refractivity contribution < 1.29 is 19.2 Å². The molecule has 0 saturated heterocycles. The van der Waals surface area contributed by atoms with Crippen molar-refractivity contribution in [2.45, 2.75) is 6.54 Å². The van der Waals surface area contributed by atoms with Crippen LogP contribution in [0.3, 0.4) is 0 Å². The maximum Gasteiger partial charge on any atom is 0.338 e. The van der Waals surface area contributed by atoms with Crippen LogP contribution in [0.4, 0.5) is 5.69 Å². The summed E-state index contributed by atoms with van der Waals surface area (Å²) in [6, 6.07) is 12.8. The fourth-order valence-electron chi connectivity index (χ4n) is 2.35. The van der Waals surface area contributed by atoms with Crippen molar-refractivity contribution in [2.24, 2.45) is 0 Å². The highest BCUT2D eigenvalue weighted by molar-refractivity contribution is 7.18. The average Bonchev–Trinajstić information content (AvgIpc) is 3.08. The van der Waals surface area contributed by atoms with E-state index in [1.165, 1.54) is 34.4 Å². The third-order valence-electron chi connectivity index (χ3n) is 3.76. The van der Waals surface area contributed by atoms with Gasteiger partial charge in [-0.15, -0.1) is 11.3 Å². The Balaban J connectivity index is 1.57. The van der Waals surface area contributed by atoms with Gasteiger partial charge in [0.2, 0.25) is 0 Å². The van der Waals surface area contributed by atoms with Gasteiger partial charge in [-0.2, -0.15) is 0 Å². The van der Waals surface area contributed by atoms with E-state index in [1.54, 1.807) is 7.05 Å². The van der Waals surface area contributed by atoms with E-state index in [9.17, 15) is 19.7 Å². The Kier molecular flexibility index (Phi) is 5.41. The molecule has 0 atom stereocenters. The largest absolute Gasteiger partial charge is 0.452 e. The van der Waals surface area contributed by atoms with Crippen LogP contribution in [0, 0.1) is 10.1 Å². The summed E-state index contributed by atoms with van der Waals surface area (Å²) in [6.45, 7) is -0.157. The lowest BCUT2D eigenvalue weighted by molar-refractivity contribution is -0.384. The summed E-state index contributed by atoms with van der Waals surface area (Å²) >= 11 is 1.49. The van der Waals surface area contributed by atoms with E-state index >= 15 is 0 Å². The monoisotopic (exact) mass is 385 g/mol. The van der Waals surface area contributed by atoms with E-state index in [4.69, 9.17) is 4.74 Å². The molecule has 138 valence electrons. The van der Waals surface area contributed by atoms with Gasteiger partial charge in [-0.25, -0.2) is 9.78 Å². The summed E-state index contributed by atoms with van der Waals surface area (Å²) < 4.78 is 6.01. The minimum Gasteiger partial charge on any atom is -0.452 e. The van der Waals surface area contributed by atoms with Gasteiger partial charge in [0.25, 0.3) is 11.6 Å². The van der Waals surface area contributed by atoms with Gasteiger partial charge in [0.15, 0.2) is 6.61 Å². The van der Waals surface area contributed by atoms with E-state index in [2.05, 4.69) is 4.98 Å². The zero-order chi connectivity index (χ0) is 19.4. The number of esters is 1. The smallest absolute Gasteiger partial charge is 0.338 e. The number of rotatable bonds is 6. The molecule has 0 bridgehead atoms. The van der Waals surface area contributed by atoms with E-state index in [1.807, 2.05) is 24.3 Å². The lowest BCUT2D eigenvalue weighted by Gasteiger charge is -2.15. The van der Waals surface area contributed by atoms with Crippen molar-refractivity contribution in [3.05, 3.63) is 69.2 Å². The highest BCUT2D eigenvalue weighted by Gasteiger charge is 2.17. The van der Waals surface area contributed by atoms with Crippen LogP contribution >= 0.6 is 11.3 Å². The van der Waals surface area contributed by atoms with E-state index in [0.717, 1.165) is 21.3 Å². The second-order valence-electron chi connectivity index (χ2n) is 5.71. The number of likely N-dealkylation sites (N-methyl/N-ethyl adjacent to an activating group) is 1. The number of hydrogen-bond acceptors (Lipinski definition) is 7. The number of carbonyl (C=O) groups is 2. The molecule has 0 N–H and O–H groups in total. The van der Waals surface area contributed by atoms with Crippen LogP contribution in [0.2, 0.25) is 0 Å². The lowest BCUT2D eigenvalue weighted by Crippen LogP contribution is -2.30. The number of ether oxygens (including phenoxy) is 1.